The van der Waals surface area contributed by atoms with Crippen LogP contribution in [-0.2, 0) is 9.53 Å². The Balaban J connectivity index is 1.47. The van der Waals surface area contributed by atoms with Gasteiger partial charge in [0.05, 0.1) is 25.5 Å². The molecule has 182 valence electrons. The van der Waals surface area contributed by atoms with E-state index in [0.717, 1.165) is 37.2 Å². The van der Waals surface area contributed by atoms with Gasteiger partial charge in [-0.05, 0) is 49.1 Å². The molecule has 1 aliphatic heterocycles. The lowest BCUT2D eigenvalue weighted by Crippen LogP contribution is -2.50. The van der Waals surface area contributed by atoms with Gasteiger partial charge in [-0.25, -0.2) is 5.43 Å². The largest absolute Gasteiger partial charge is 0.379 e. The Labute approximate surface area is 202 Å². The molecular formula is C26H35N5O3. The lowest BCUT2D eigenvalue weighted by atomic mass is 10.1. The van der Waals surface area contributed by atoms with Crippen molar-refractivity contribution in [2.75, 3.05) is 51.8 Å². The molecule has 2 amide bonds. The maximum atomic E-state index is 12.9. The second kappa shape index (κ2) is 13.5. The van der Waals surface area contributed by atoms with Crippen molar-refractivity contribution in [3.63, 3.8) is 0 Å². The van der Waals surface area contributed by atoms with Crippen molar-refractivity contribution in [1.82, 2.24) is 15.6 Å². The van der Waals surface area contributed by atoms with E-state index in [-0.39, 0.29) is 17.9 Å². The van der Waals surface area contributed by atoms with Gasteiger partial charge in [0.2, 0.25) is 0 Å². The number of benzene rings is 2. The minimum atomic E-state index is -0.276. The third-order valence-electron chi connectivity index (χ3n) is 5.81. The van der Waals surface area contributed by atoms with Crippen molar-refractivity contribution in [1.29, 1.82) is 0 Å². The predicted octanol–water partition coefficient (Wildman–Crippen LogP) is 2.50. The van der Waals surface area contributed by atoms with E-state index in [1.807, 2.05) is 61.5 Å². The first-order valence-corrected chi connectivity index (χ1v) is 11.8. The standard InChI is InChI=1S/C26H35N5O3/c1-30(2)23-13-11-21(12-14-23)20-28-29-26(33)24(31-16-18-34-19-17-31)10-6-7-15-27-25(32)22-8-4-3-5-9-22/h3-5,8-9,11-14,20,24H,6-7,10,15-19H2,1-2H3,(H,27,32)(H,29,33)/b28-20+/t24-/m1/s1. The summed E-state index contributed by atoms with van der Waals surface area (Å²) < 4.78 is 5.45. The highest BCUT2D eigenvalue weighted by molar-refractivity contribution is 5.94. The molecular weight excluding hydrogens is 430 g/mol. The lowest BCUT2D eigenvalue weighted by molar-refractivity contribution is -0.128. The van der Waals surface area contributed by atoms with Gasteiger partial charge in [0.25, 0.3) is 11.8 Å². The van der Waals surface area contributed by atoms with Crippen LogP contribution in [0.2, 0.25) is 0 Å². The molecule has 2 N–H and O–H groups in total. The van der Waals surface area contributed by atoms with Crippen molar-refractivity contribution >= 4 is 23.7 Å². The second-order valence-electron chi connectivity index (χ2n) is 8.50. The minimum absolute atomic E-state index is 0.0731. The zero-order chi connectivity index (χ0) is 24.2. The SMILES string of the molecule is CN(C)c1ccc(/C=N/NC(=O)[C@@H](CCCCNC(=O)c2ccccc2)N2CCOCC2)cc1. The number of carbonyl (C=O) groups excluding carboxylic acids is 2. The molecule has 1 fully saturated rings. The Morgan fingerprint density at radius 3 is 2.44 bits per heavy atom. The highest BCUT2D eigenvalue weighted by Gasteiger charge is 2.26. The van der Waals surface area contributed by atoms with Crippen LogP contribution in [0.1, 0.15) is 35.2 Å². The van der Waals surface area contributed by atoms with Crippen molar-refractivity contribution in [2.24, 2.45) is 5.10 Å². The van der Waals surface area contributed by atoms with Crippen LogP contribution in [-0.4, -0.2) is 75.9 Å². The number of anilines is 1. The molecule has 0 aromatic heterocycles. The topological polar surface area (TPSA) is 86.3 Å². The molecule has 8 nitrogen and oxygen atoms in total. The maximum absolute atomic E-state index is 12.9. The summed E-state index contributed by atoms with van der Waals surface area (Å²) in [7, 11) is 3.98. The molecule has 1 atom stereocenters. The zero-order valence-electron chi connectivity index (χ0n) is 20.1. The van der Waals surface area contributed by atoms with Gasteiger partial charge in [-0.3, -0.25) is 14.5 Å². The van der Waals surface area contributed by atoms with Crippen LogP contribution < -0.4 is 15.6 Å². The van der Waals surface area contributed by atoms with E-state index in [1.54, 1.807) is 18.3 Å². The normalized spacial score (nSPS) is 15.1. The second-order valence-corrected chi connectivity index (χ2v) is 8.50. The molecule has 0 unspecified atom stereocenters. The first-order valence-electron chi connectivity index (χ1n) is 11.8. The van der Waals surface area contributed by atoms with Crippen molar-refractivity contribution in [3.05, 3.63) is 65.7 Å². The van der Waals surface area contributed by atoms with E-state index in [9.17, 15) is 9.59 Å². The molecule has 2 aromatic rings. The average Bonchev–Trinajstić information content (AvgIpc) is 2.87. The van der Waals surface area contributed by atoms with Crippen LogP contribution in [0, 0.1) is 0 Å². The van der Waals surface area contributed by atoms with E-state index in [0.29, 0.717) is 31.7 Å². The van der Waals surface area contributed by atoms with Gasteiger partial charge in [0, 0.05) is 45.0 Å². The van der Waals surface area contributed by atoms with Crippen molar-refractivity contribution in [3.8, 4) is 0 Å². The van der Waals surface area contributed by atoms with Crippen LogP contribution in [0.25, 0.3) is 0 Å². The van der Waals surface area contributed by atoms with Gasteiger partial charge >= 0.3 is 0 Å². The van der Waals surface area contributed by atoms with E-state index in [4.69, 9.17) is 4.74 Å². The van der Waals surface area contributed by atoms with Gasteiger partial charge < -0.3 is 15.0 Å². The van der Waals surface area contributed by atoms with Crippen LogP contribution in [0.5, 0.6) is 0 Å². The summed E-state index contributed by atoms with van der Waals surface area (Å²) in [6.07, 6.45) is 3.97. The average molecular weight is 466 g/mol. The molecule has 1 saturated heterocycles. The summed E-state index contributed by atoms with van der Waals surface area (Å²) in [5, 5.41) is 7.13. The highest BCUT2D eigenvalue weighted by Crippen LogP contribution is 2.13. The van der Waals surface area contributed by atoms with Crippen LogP contribution in [0.3, 0.4) is 0 Å². The highest BCUT2D eigenvalue weighted by atomic mass is 16.5. The Morgan fingerprint density at radius 1 is 1.06 bits per heavy atom. The molecule has 0 bridgehead atoms. The Morgan fingerprint density at radius 2 is 1.76 bits per heavy atom. The molecule has 3 rings (SSSR count). The molecule has 1 aliphatic rings. The molecule has 0 saturated carbocycles. The monoisotopic (exact) mass is 465 g/mol. The van der Waals surface area contributed by atoms with Gasteiger partial charge in [-0.2, -0.15) is 5.10 Å². The van der Waals surface area contributed by atoms with Gasteiger partial charge in [-0.15, -0.1) is 0 Å². The van der Waals surface area contributed by atoms with Crippen LogP contribution >= 0.6 is 0 Å². The summed E-state index contributed by atoms with van der Waals surface area (Å²) in [6.45, 7) is 3.26. The summed E-state index contributed by atoms with van der Waals surface area (Å²) in [4.78, 5) is 29.3. The number of amides is 2. The van der Waals surface area contributed by atoms with Gasteiger partial charge in [0.15, 0.2) is 0 Å². The minimum Gasteiger partial charge on any atom is -0.379 e. The fourth-order valence-electron chi connectivity index (χ4n) is 3.83. The molecule has 0 aliphatic carbocycles. The van der Waals surface area contributed by atoms with Gasteiger partial charge in [-0.1, -0.05) is 30.3 Å². The molecule has 8 heteroatoms. The number of hydrogen-bond acceptors (Lipinski definition) is 6. The number of carbonyl (C=O) groups is 2. The van der Waals surface area contributed by atoms with E-state index in [2.05, 4.69) is 20.7 Å². The van der Waals surface area contributed by atoms with Crippen LogP contribution in [0.4, 0.5) is 5.69 Å². The van der Waals surface area contributed by atoms with Gasteiger partial charge in [0.1, 0.15) is 0 Å². The maximum Gasteiger partial charge on any atom is 0.257 e. The van der Waals surface area contributed by atoms with E-state index >= 15 is 0 Å². The number of nitrogens with zero attached hydrogens (tertiary/aromatic N) is 3. The molecule has 34 heavy (non-hydrogen) atoms. The third-order valence-corrected chi connectivity index (χ3v) is 5.81. The number of morpholine rings is 1. The van der Waals surface area contributed by atoms with E-state index < -0.39 is 0 Å². The first-order chi connectivity index (χ1) is 16.5. The Hall–Kier alpha value is -3.23. The third kappa shape index (κ3) is 7.97. The predicted molar refractivity (Wildman–Crippen MR) is 135 cm³/mol. The lowest BCUT2D eigenvalue weighted by Gasteiger charge is -2.33. The summed E-state index contributed by atoms with van der Waals surface area (Å²) >= 11 is 0. The number of hydrazone groups is 1. The quantitative estimate of drug-likeness (QED) is 0.303. The summed E-state index contributed by atoms with van der Waals surface area (Å²) in [6, 6.07) is 16.9. The number of ether oxygens (including phenoxy) is 1. The smallest absolute Gasteiger partial charge is 0.257 e. The first kappa shape index (κ1) is 25.4. The number of nitrogens with one attached hydrogen (secondary N) is 2. The summed E-state index contributed by atoms with van der Waals surface area (Å²) in [5.74, 6) is -0.188. The van der Waals surface area contributed by atoms with Crippen LogP contribution in [0.15, 0.2) is 59.7 Å². The zero-order valence-corrected chi connectivity index (χ0v) is 20.1. The van der Waals surface area contributed by atoms with Crippen molar-refractivity contribution in [2.45, 2.75) is 25.3 Å². The number of unbranched alkanes of at least 4 members (excludes halogenated alkanes) is 1. The Bertz CT molecular complexity index is 925. The molecule has 2 aromatic carbocycles. The van der Waals surface area contributed by atoms with E-state index in [1.165, 1.54) is 0 Å². The number of hydrogen-bond donors (Lipinski definition) is 2. The molecule has 1 heterocycles. The fraction of sp³-hybridized carbons (Fsp3) is 0.423. The summed E-state index contributed by atoms with van der Waals surface area (Å²) in [5.41, 5.74) is 5.39. The number of rotatable bonds is 11. The Kier molecular flexibility index (Phi) is 10.1. The fourth-order valence-corrected chi connectivity index (χ4v) is 3.83. The molecule has 0 spiro atoms. The van der Waals surface area contributed by atoms with Crippen molar-refractivity contribution < 1.29 is 14.3 Å². The molecule has 0 radical (unpaired) electrons.